The number of amides is 1. The van der Waals surface area contributed by atoms with E-state index in [1.165, 1.54) is 0 Å². The van der Waals surface area contributed by atoms with Crippen molar-refractivity contribution >= 4 is 22.5 Å². The van der Waals surface area contributed by atoms with Crippen molar-refractivity contribution in [1.29, 1.82) is 0 Å². The number of carbonyl (C=O) groups excluding carboxylic acids is 1. The minimum absolute atomic E-state index is 0.0157. The van der Waals surface area contributed by atoms with Crippen LogP contribution in [0.4, 0.5) is 0 Å². The topological polar surface area (TPSA) is 75.1 Å². The molecule has 138 valence electrons. The van der Waals surface area contributed by atoms with Gasteiger partial charge in [-0.3, -0.25) is 9.20 Å². The number of nitrogens with one attached hydrogen (secondary N) is 2. The first kappa shape index (κ1) is 17.3. The molecule has 6 nitrogen and oxygen atoms in total. The van der Waals surface area contributed by atoms with Gasteiger partial charge in [-0.05, 0) is 36.1 Å². The van der Waals surface area contributed by atoms with Crippen LogP contribution < -0.4 is 5.32 Å². The summed E-state index contributed by atoms with van der Waals surface area (Å²) in [4.78, 5) is 16.0. The highest BCUT2D eigenvalue weighted by molar-refractivity contribution is 5.88. The van der Waals surface area contributed by atoms with Crippen LogP contribution in [0.3, 0.4) is 0 Å². The highest BCUT2D eigenvalue weighted by Gasteiger charge is 2.22. The fourth-order valence-corrected chi connectivity index (χ4v) is 3.49. The Morgan fingerprint density at radius 2 is 1.96 bits per heavy atom. The van der Waals surface area contributed by atoms with E-state index in [2.05, 4.69) is 34.3 Å². The number of nitrogens with zero attached hydrogens (tertiary/aromatic N) is 3. The average Bonchev–Trinajstić information content (AvgIpc) is 3.25. The lowest BCUT2D eigenvalue weighted by molar-refractivity contribution is -0.121. The molecule has 0 aliphatic heterocycles. The number of hydrogen-bond acceptors (Lipinski definition) is 3. The molecule has 0 aliphatic rings. The van der Waals surface area contributed by atoms with E-state index in [-0.39, 0.29) is 11.9 Å². The van der Waals surface area contributed by atoms with Gasteiger partial charge in [0.05, 0.1) is 12.5 Å². The molecule has 0 bridgehead atoms. The zero-order valence-electron chi connectivity index (χ0n) is 15.5. The number of carbonyl (C=O) groups is 1. The lowest BCUT2D eigenvalue weighted by Gasteiger charge is -2.19. The molecule has 1 atom stereocenters. The molecule has 0 aliphatic carbocycles. The number of pyridine rings is 1. The highest BCUT2D eigenvalue weighted by Crippen LogP contribution is 2.22. The van der Waals surface area contributed by atoms with E-state index in [0.717, 1.165) is 34.4 Å². The molecule has 3 aromatic heterocycles. The minimum atomic E-state index is -0.180. The fraction of sp³-hybridized carbons (Fsp3) is 0.286. The zero-order valence-corrected chi connectivity index (χ0v) is 15.5. The smallest absolute Gasteiger partial charge is 0.225 e. The maximum atomic E-state index is 12.8. The van der Waals surface area contributed by atoms with E-state index in [0.29, 0.717) is 12.3 Å². The first-order valence-corrected chi connectivity index (χ1v) is 9.26. The lowest BCUT2D eigenvalue weighted by atomic mass is 10.0. The normalized spacial score (nSPS) is 12.7. The van der Waals surface area contributed by atoms with Crippen molar-refractivity contribution in [2.75, 3.05) is 0 Å². The summed E-state index contributed by atoms with van der Waals surface area (Å²) < 4.78 is 1.94. The third-order valence-corrected chi connectivity index (χ3v) is 4.72. The van der Waals surface area contributed by atoms with Crippen LogP contribution in [-0.4, -0.2) is 25.5 Å². The number of aromatic nitrogens is 4. The predicted molar refractivity (Wildman–Crippen MR) is 105 cm³/mol. The molecule has 0 radical (unpaired) electrons. The minimum Gasteiger partial charge on any atom is -0.361 e. The summed E-state index contributed by atoms with van der Waals surface area (Å²) in [5.41, 5.74) is 2.83. The Kier molecular flexibility index (Phi) is 4.62. The van der Waals surface area contributed by atoms with Crippen molar-refractivity contribution in [3.8, 4) is 0 Å². The Morgan fingerprint density at radius 3 is 2.81 bits per heavy atom. The quantitative estimate of drug-likeness (QED) is 0.550. The van der Waals surface area contributed by atoms with Gasteiger partial charge in [0.25, 0.3) is 0 Å². The van der Waals surface area contributed by atoms with Crippen LogP contribution in [0, 0.1) is 5.92 Å². The summed E-state index contributed by atoms with van der Waals surface area (Å²) in [7, 11) is 0. The molecule has 4 aromatic rings. The molecule has 27 heavy (non-hydrogen) atoms. The van der Waals surface area contributed by atoms with Crippen molar-refractivity contribution in [2.45, 2.75) is 32.7 Å². The van der Waals surface area contributed by atoms with E-state index < -0.39 is 0 Å². The van der Waals surface area contributed by atoms with E-state index in [9.17, 15) is 4.79 Å². The monoisotopic (exact) mass is 361 g/mol. The van der Waals surface area contributed by atoms with Crippen molar-refractivity contribution in [2.24, 2.45) is 5.92 Å². The Morgan fingerprint density at radius 1 is 1.15 bits per heavy atom. The van der Waals surface area contributed by atoms with Crippen molar-refractivity contribution in [3.63, 3.8) is 0 Å². The molecular weight excluding hydrogens is 338 g/mol. The first-order valence-electron chi connectivity index (χ1n) is 9.26. The summed E-state index contributed by atoms with van der Waals surface area (Å²) in [6, 6.07) is 13.6. The van der Waals surface area contributed by atoms with Crippen molar-refractivity contribution in [1.82, 2.24) is 24.9 Å². The second-order valence-electron chi connectivity index (χ2n) is 7.27. The van der Waals surface area contributed by atoms with Gasteiger partial charge in [0.15, 0.2) is 11.5 Å². The number of aromatic amines is 1. The van der Waals surface area contributed by atoms with E-state index in [1.807, 2.05) is 59.3 Å². The molecule has 2 N–H and O–H groups in total. The third kappa shape index (κ3) is 3.56. The maximum absolute atomic E-state index is 12.8. The van der Waals surface area contributed by atoms with E-state index >= 15 is 0 Å². The predicted octanol–water partition coefficient (Wildman–Crippen LogP) is 3.66. The molecule has 4 rings (SSSR count). The summed E-state index contributed by atoms with van der Waals surface area (Å²) in [5, 5.41) is 12.8. The molecule has 0 fully saturated rings. The Labute approximate surface area is 157 Å². The summed E-state index contributed by atoms with van der Waals surface area (Å²) >= 11 is 0. The zero-order chi connectivity index (χ0) is 18.8. The van der Waals surface area contributed by atoms with Crippen LogP contribution >= 0.6 is 0 Å². The first-order chi connectivity index (χ1) is 13.1. The number of rotatable bonds is 6. The molecule has 3 heterocycles. The molecule has 1 unspecified atom stereocenters. The van der Waals surface area contributed by atoms with Gasteiger partial charge in [0.1, 0.15) is 0 Å². The second kappa shape index (κ2) is 7.23. The Hall–Kier alpha value is -3.15. The number of hydrogen-bond donors (Lipinski definition) is 2. The lowest BCUT2D eigenvalue weighted by Crippen LogP contribution is -2.32. The van der Waals surface area contributed by atoms with Gasteiger partial charge in [-0.25, -0.2) is 0 Å². The summed E-state index contributed by atoms with van der Waals surface area (Å²) in [5.74, 6) is 1.17. The van der Waals surface area contributed by atoms with Gasteiger partial charge < -0.3 is 10.3 Å². The van der Waals surface area contributed by atoms with Gasteiger partial charge >= 0.3 is 0 Å². The van der Waals surface area contributed by atoms with Gasteiger partial charge in [0, 0.05) is 23.3 Å². The van der Waals surface area contributed by atoms with Gasteiger partial charge in [0.2, 0.25) is 5.91 Å². The molecule has 0 spiro atoms. The van der Waals surface area contributed by atoms with Gasteiger partial charge in [-0.2, -0.15) is 0 Å². The van der Waals surface area contributed by atoms with E-state index in [4.69, 9.17) is 0 Å². The standard InChI is InChI=1S/C21H23N5O/c1-14(2)11-18(21-25-24-19-9-5-6-10-26(19)21)23-20(27)12-15-13-22-17-8-4-3-7-16(15)17/h3-10,13-14,18,22H,11-12H2,1-2H3,(H,23,27). The second-order valence-corrected chi connectivity index (χ2v) is 7.27. The van der Waals surface area contributed by atoms with Crippen molar-refractivity contribution in [3.05, 3.63) is 66.2 Å². The van der Waals surface area contributed by atoms with Crippen LogP contribution in [0.25, 0.3) is 16.6 Å². The summed E-state index contributed by atoms with van der Waals surface area (Å²) in [6.07, 6.45) is 4.97. The molecule has 0 saturated carbocycles. The average molecular weight is 361 g/mol. The molecule has 1 amide bonds. The largest absolute Gasteiger partial charge is 0.361 e. The fourth-order valence-electron chi connectivity index (χ4n) is 3.49. The number of benzene rings is 1. The van der Waals surface area contributed by atoms with Crippen LogP contribution in [-0.2, 0) is 11.2 Å². The summed E-state index contributed by atoms with van der Waals surface area (Å²) in [6.45, 7) is 4.28. The van der Waals surface area contributed by atoms with E-state index in [1.54, 1.807) is 0 Å². The maximum Gasteiger partial charge on any atom is 0.225 e. The molecular formula is C21H23N5O. The highest BCUT2D eigenvalue weighted by atomic mass is 16.1. The van der Waals surface area contributed by atoms with Crippen LogP contribution in [0.5, 0.6) is 0 Å². The van der Waals surface area contributed by atoms with Gasteiger partial charge in [-0.15, -0.1) is 10.2 Å². The number of para-hydroxylation sites is 1. The van der Waals surface area contributed by atoms with Crippen molar-refractivity contribution < 1.29 is 4.79 Å². The van der Waals surface area contributed by atoms with Crippen LogP contribution in [0.1, 0.15) is 37.7 Å². The number of H-pyrrole nitrogens is 1. The van der Waals surface area contributed by atoms with Crippen LogP contribution in [0.15, 0.2) is 54.9 Å². The molecule has 1 aromatic carbocycles. The molecule has 0 saturated heterocycles. The SMILES string of the molecule is CC(C)CC(NC(=O)Cc1c[nH]c2ccccc12)c1nnc2ccccn12. The third-order valence-electron chi connectivity index (χ3n) is 4.72. The molecule has 6 heteroatoms. The Bertz CT molecular complexity index is 1080. The number of fused-ring (bicyclic) bond motifs is 2. The Balaban J connectivity index is 1.57. The van der Waals surface area contributed by atoms with Crippen LogP contribution in [0.2, 0.25) is 0 Å². The van der Waals surface area contributed by atoms with Gasteiger partial charge in [-0.1, -0.05) is 38.1 Å².